The van der Waals surface area contributed by atoms with Gasteiger partial charge in [0.1, 0.15) is 0 Å². The molecule has 0 atom stereocenters. The first-order chi connectivity index (χ1) is 11.7. The molecule has 0 unspecified atom stereocenters. The van der Waals surface area contributed by atoms with Crippen LogP contribution in [0.2, 0.25) is 0 Å². The van der Waals surface area contributed by atoms with Gasteiger partial charge in [-0.2, -0.15) is 0 Å². The van der Waals surface area contributed by atoms with Crippen LogP contribution in [0.15, 0.2) is 73.1 Å². The molecule has 0 spiro atoms. The Morgan fingerprint density at radius 2 is 1.04 bits per heavy atom. The van der Waals surface area contributed by atoms with E-state index in [0.717, 1.165) is 22.5 Å². The molecular formula is C22H20N2. The minimum Gasteiger partial charge on any atom is -0.257 e. The van der Waals surface area contributed by atoms with Crippen molar-refractivity contribution in [1.29, 1.82) is 0 Å². The lowest BCUT2D eigenvalue weighted by Gasteiger charge is -2.06. The Morgan fingerprint density at radius 1 is 0.625 bits per heavy atom. The van der Waals surface area contributed by atoms with E-state index >= 15 is 0 Å². The quantitative estimate of drug-likeness (QED) is 0.627. The topological polar surface area (TPSA) is 25.8 Å². The van der Waals surface area contributed by atoms with Crippen molar-refractivity contribution in [2.75, 3.05) is 0 Å². The molecule has 2 heteroatoms. The van der Waals surface area contributed by atoms with E-state index in [2.05, 4.69) is 60.2 Å². The number of allylic oxidation sites excluding steroid dienone is 2. The van der Waals surface area contributed by atoms with Gasteiger partial charge in [-0.1, -0.05) is 36.4 Å². The first kappa shape index (κ1) is 15.9. The lowest BCUT2D eigenvalue weighted by Crippen LogP contribution is -1.88. The van der Waals surface area contributed by atoms with E-state index in [9.17, 15) is 0 Å². The summed E-state index contributed by atoms with van der Waals surface area (Å²) < 4.78 is 0. The standard InChI is InChI=1S/C22H20N2/c1-17(21-11-5-7-13-23-21)15-19-9-3-4-10-20(19)16-18(2)22-12-6-8-14-24-22/h3-16H,1-2H3. The molecule has 2 aromatic heterocycles. The van der Waals surface area contributed by atoms with Crippen molar-refractivity contribution in [2.24, 2.45) is 0 Å². The Kier molecular flexibility index (Phi) is 4.97. The molecule has 0 saturated heterocycles. The molecule has 0 radical (unpaired) electrons. The number of aromatic nitrogens is 2. The number of nitrogens with zero attached hydrogens (tertiary/aromatic N) is 2. The number of rotatable bonds is 4. The molecule has 1 aromatic carbocycles. The summed E-state index contributed by atoms with van der Waals surface area (Å²) >= 11 is 0. The van der Waals surface area contributed by atoms with Crippen molar-refractivity contribution < 1.29 is 0 Å². The van der Waals surface area contributed by atoms with Crippen LogP contribution in [0, 0.1) is 0 Å². The van der Waals surface area contributed by atoms with Gasteiger partial charge in [-0.15, -0.1) is 0 Å². The second kappa shape index (κ2) is 7.51. The number of hydrogen-bond donors (Lipinski definition) is 0. The van der Waals surface area contributed by atoms with Gasteiger partial charge < -0.3 is 0 Å². The van der Waals surface area contributed by atoms with Crippen LogP contribution in [0.25, 0.3) is 23.3 Å². The Bertz CT molecular complexity index is 788. The van der Waals surface area contributed by atoms with Gasteiger partial charge in [-0.25, -0.2) is 0 Å². The zero-order valence-corrected chi connectivity index (χ0v) is 14.0. The van der Waals surface area contributed by atoms with Gasteiger partial charge in [0.25, 0.3) is 0 Å². The normalized spacial score (nSPS) is 12.2. The minimum atomic E-state index is 0.998. The second-order valence-electron chi connectivity index (χ2n) is 5.71. The van der Waals surface area contributed by atoms with Crippen LogP contribution < -0.4 is 0 Å². The van der Waals surface area contributed by atoms with Gasteiger partial charge >= 0.3 is 0 Å². The number of hydrogen-bond acceptors (Lipinski definition) is 2. The molecule has 0 aliphatic heterocycles. The van der Waals surface area contributed by atoms with Crippen LogP contribution in [-0.4, -0.2) is 9.97 Å². The zero-order valence-electron chi connectivity index (χ0n) is 14.0. The average molecular weight is 312 g/mol. The highest BCUT2D eigenvalue weighted by Gasteiger charge is 2.02. The molecule has 0 aliphatic carbocycles. The molecule has 24 heavy (non-hydrogen) atoms. The Hall–Kier alpha value is -3.00. The molecule has 3 rings (SSSR count). The van der Waals surface area contributed by atoms with E-state index in [4.69, 9.17) is 0 Å². The maximum atomic E-state index is 4.42. The van der Waals surface area contributed by atoms with Crippen LogP contribution in [0.3, 0.4) is 0 Å². The van der Waals surface area contributed by atoms with Crippen molar-refractivity contribution in [2.45, 2.75) is 13.8 Å². The summed E-state index contributed by atoms with van der Waals surface area (Å²) in [5, 5.41) is 0. The molecule has 2 nitrogen and oxygen atoms in total. The fourth-order valence-corrected chi connectivity index (χ4v) is 2.58. The van der Waals surface area contributed by atoms with Crippen molar-refractivity contribution in [1.82, 2.24) is 9.97 Å². The molecule has 0 bridgehead atoms. The first-order valence-corrected chi connectivity index (χ1v) is 8.02. The van der Waals surface area contributed by atoms with E-state index in [1.807, 2.05) is 48.8 Å². The highest BCUT2D eigenvalue weighted by Crippen LogP contribution is 2.22. The lowest BCUT2D eigenvalue weighted by atomic mass is 10.0. The zero-order chi connectivity index (χ0) is 16.8. The number of pyridine rings is 2. The summed E-state index contributed by atoms with van der Waals surface area (Å²) in [5.41, 5.74) is 6.64. The van der Waals surface area contributed by atoms with Crippen molar-refractivity contribution in [3.05, 3.63) is 95.6 Å². The Labute approximate surface area is 143 Å². The third kappa shape index (κ3) is 3.85. The second-order valence-corrected chi connectivity index (χ2v) is 5.71. The van der Waals surface area contributed by atoms with Gasteiger partial charge in [0.15, 0.2) is 0 Å². The predicted octanol–water partition coefficient (Wildman–Crippen LogP) is 5.60. The van der Waals surface area contributed by atoms with E-state index < -0.39 is 0 Å². The Morgan fingerprint density at radius 3 is 1.42 bits per heavy atom. The van der Waals surface area contributed by atoms with Crippen LogP contribution in [0.4, 0.5) is 0 Å². The molecule has 0 amide bonds. The van der Waals surface area contributed by atoms with Crippen LogP contribution in [-0.2, 0) is 0 Å². The Balaban J connectivity index is 1.97. The summed E-state index contributed by atoms with van der Waals surface area (Å²) in [5.74, 6) is 0. The van der Waals surface area contributed by atoms with Crippen molar-refractivity contribution in [3.8, 4) is 0 Å². The third-order valence-electron chi connectivity index (χ3n) is 3.88. The highest BCUT2D eigenvalue weighted by molar-refractivity contribution is 5.86. The van der Waals surface area contributed by atoms with Gasteiger partial charge in [0.05, 0.1) is 11.4 Å². The van der Waals surface area contributed by atoms with Crippen molar-refractivity contribution >= 4 is 23.3 Å². The molecule has 0 aliphatic rings. The SMILES string of the molecule is CC(=Cc1ccccc1C=C(C)c1ccccn1)c1ccccn1. The van der Waals surface area contributed by atoms with Crippen LogP contribution in [0.1, 0.15) is 36.4 Å². The fraction of sp³-hybridized carbons (Fsp3) is 0.0909. The summed E-state index contributed by atoms with van der Waals surface area (Å²) in [4.78, 5) is 8.84. The van der Waals surface area contributed by atoms with Crippen molar-refractivity contribution in [3.63, 3.8) is 0 Å². The van der Waals surface area contributed by atoms with E-state index in [-0.39, 0.29) is 0 Å². The molecule has 118 valence electrons. The van der Waals surface area contributed by atoms with E-state index in [0.29, 0.717) is 0 Å². The van der Waals surface area contributed by atoms with Crippen LogP contribution in [0.5, 0.6) is 0 Å². The summed E-state index contributed by atoms with van der Waals surface area (Å²) in [6.07, 6.45) is 8.01. The van der Waals surface area contributed by atoms with Gasteiger partial charge in [-0.05, 0) is 72.5 Å². The van der Waals surface area contributed by atoms with Gasteiger partial charge in [0.2, 0.25) is 0 Å². The third-order valence-corrected chi connectivity index (χ3v) is 3.88. The fourth-order valence-electron chi connectivity index (χ4n) is 2.58. The number of benzene rings is 1. The summed E-state index contributed by atoms with van der Waals surface area (Å²) in [7, 11) is 0. The molecule has 0 fully saturated rings. The molecular weight excluding hydrogens is 292 g/mol. The smallest absolute Gasteiger partial charge is 0.0658 e. The van der Waals surface area contributed by atoms with E-state index in [1.54, 1.807) is 0 Å². The first-order valence-electron chi connectivity index (χ1n) is 8.02. The summed E-state index contributed by atoms with van der Waals surface area (Å²) in [6, 6.07) is 20.3. The molecule has 0 N–H and O–H groups in total. The van der Waals surface area contributed by atoms with Gasteiger partial charge in [0, 0.05) is 12.4 Å². The monoisotopic (exact) mass is 312 g/mol. The van der Waals surface area contributed by atoms with E-state index in [1.165, 1.54) is 11.1 Å². The molecule has 3 aromatic rings. The predicted molar refractivity (Wildman–Crippen MR) is 102 cm³/mol. The molecule has 0 saturated carbocycles. The summed E-state index contributed by atoms with van der Waals surface area (Å²) in [6.45, 7) is 4.18. The minimum absolute atomic E-state index is 0.998. The largest absolute Gasteiger partial charge is 0.257 e. The lowest BCUT2D eigenvalue weighted by molar-refractivity contribution is 1.27. The van der Waals surface area contributed by atoms with Crippen LogP contribution >= 0.6 is 0 Å². The maximum absolute atomic E-state index is 4.42. The highest BCUT2D eigenvalue weighted by atomic mass is 14.7. The maximum Gasteiger partial charge on any atom is 0.0658 e. The molecule has 2 heterocycles. The average Bonchev–Trinajstić information content (AvgIpc) is 2.64. The van der Waals surface area contributed by atoms with Gasteiger partial charge in [-0.3, -0.25) is 9.97 Å².